The van der Waals surface area contributed by atoms with Crippen molar-refractivity contribution in [3.63, 3.8) is 0 Å². The third-order valence-electron chi connectivity index (χ3n) is 6.45. The van der Waals surface area contributed by atoms with Gasteiger partial charge in [-0.15, -0.1) is 0 Å². The Labute approximate surface area is 186 Å². The molecule has 0 amide bonds. The molecule has 2 fully saturated rings. The average Bonchev–Trinajstić information content (AvgIpc) is 3.36. The highest BCUT2D eigenvalue weighted by Crippen LogP contribution is 2.42. The summed E-state index contributed by atoms with van der Waals surface area (Å²) in [6.45, 7) is 0.549. The maximum atomic E-state index is 13.4. The van der Waals surface area contributed by atoms with Gasteiger partial charge in [0.15, 0.2) is 11.3 Å². The Kier molecular flexibility index (Phi) is 5.53. The summed E-state index contributed by atoms with van der Waals surface area (Å²) in [5, 5.41) is 7.25. The van der Waals surface area contributed by atoms with Crippen LogP contribution in [0.2, 0.25) is 0 Å². The monoisotopic (exact) mass is 467 g/mol. The van der Waals surface area contributed by atoms with Gasteiger partial charge in [0, 0.05) is 25.3 Å². The van der Waals surface area contributed by atoms with Crippen LogP contribution in [-0.4, -0.2) is 50.3 Å². The molecule has 1 N–H and O–H groups in total. The quantitative estimate of drug-likeness (QED) is 0.567. The number of nitrogens with zero attached hydrogens (tertiary/aromatic N) is 6. The number of hydrogen-bond donors (Lipinski definition) is 1. The number of alkyl halides is 5. The first-order valence-electron chi connectivity index (χ1n) is 10.8. The Hall–Kier alpha value is -3.05. The summed E-state index contributed by atoms with van der Waals surface area (Å²) in [7, 11) is 0. The van der Waals surface area contributed by atoms with E-state index in [0.29, 0.717) is 30.3 Å². The van der Waals surface area contributed by atoms with E-state index >= 15 is 0 Å². The first-order chi connectivity index (χ1) is 15.8. The van der Waals surface area contributed by atoms with Crippen LogP contribution in [-0.2, 0) is 12.7 Å². The SMILES string of the molecule is FC(F)Cn1ncc2ncc(N[C@H]3CC[C@@H]4CN(c5cccnc5C(F)(F)F)C[C@@H]4C3)nc21. The van der Waals surface area contributed by atoms with Gasteiger partial charge >= 0.3 is 6.18 Å². The van der Waals surface area contributed by atoms with Crippen LogP contribution in [0.15, 0.2) is 30.7 Å². The number of nitrogens with one attached hydrogen (secondary N) is 1. The number of rotatable bonds is 5. The van der Waals surface area contributed by atoms with Gasteiger partial charge in [-0.3, -0.25) is 0 Å². The van der Waals surface area contributed by atoms with Gasteiger partial charge in [-0.2, -0.15) is 18.3 Å². The maximum Gasteiger partial charge on any atom is 0.435 e. The lowest BCUT2D eigenvalue weighted by Gasteiger charge is -2.31. The van der Waals surface area contributed by atoms with E-state index in [1.54, 1.807) is 11.1 Å². The van der Waals surface area contributed by atoms with Crippen molar-refractivity contribution in [2.75, 3.05) is 23.3 Å². The molecule has 1 saturated heterocycles. The molecular weight excluding hydrogens is 445 g/mol. The molecule has 3 atom stereocenters. The number of fused-ring (bicyclic) bond motifs is 2. The molecule has 0 aromatic carbocycles. The van der Waals surface area contributed by atoms with E-state index in [9.17, 15) is 22.0 Å². The summed E-state index contributed by atoms with van der Waals surface area (Å²) < 4.78 is 66.9. The molecule has 176 valence electrons. The molecule has 12 heteroatoms. The molecule has 0 bridgehead atoms. The van der Waals surface area contributed by atoms with Gasteiger partial charge in [0.05, 0.1) is 18.1 Å². The Balaban J connectivity index is 1.28. The van der Waals surface area contributed by atoms with Gasteiger partial charge in [0.25, 0.3) is 6.43 Å². The highest BCUT2D eigenvalue weighted by Gasteiger charge is 2.42. The number of pyridine rings is 1. The summed E-state index contributed by atoms with van der Waals surface area (Å²) in [6.07, 6.45) is -0.439. The molecule has 0 unspecified atom stereocenters. The van der Waals surface area contributed by atoms with Crippen LogP contribution in [0, 0.1) is 11.8 Å². The zero-order valence-electron chi connectivity index (χ0n) is 17.5. The molecule has 4 heterocycles. The van der Waals surface area contributed by atoms with Crippen LogP contribution < -0.4 is 10.2 Å². The summed E-state index contributed by atoms with van der Waals surface area (Å²) in [6, 6.07) is 3.08. The van der Waals surface area contributed by atoms with E-state index in [4.69, 9.17) is 0 Å². The van der Waals surface area contributed by atoms with Gasteiger partial charge in [-0.1, -0.05) is 0 Å². The molecule has 3 aromatic heterocycles. The topological polar surface area (TPSA) is 71.8 Å². The fraction of sp³-hybridized carbons (Fsp3) is 0.524. The minimum Gasteiger partial charge on any atom is -0.369 e. The molecule has 0 radical (unpaired) electrons. The molecular formula is C21H22F5N7. The molecule has 33 heavy (non-hydrogen) atoms. The van der Waals surface area contributed by atoms with Crippen molar-refractivity contribution in [2.24, 2.45) is 11.8 Å². The van der Waals surface area contributed by atoms with E-state index < -0.39 is 24.8 Å². The summed E-state index contributed by atoms with van der Waals surface area (Å²) in [4.78, 5) is 14.0. The van der Waals surface area contributed by atoms with Gasteiger partial charge in [-0.05, 0) is 43.2 Å². The second-order valence-corrected chi connectivity index (χ2v) is 8.63. The number of aromatic nitrogens is 5. The molecule has 7 nitrogen and oxygen atoms in total. The third-order valence-corrected chi connectivity index (χ3v) is 6.45. The predicted octanol–water partition coefficient (Wildman–Crippen LogP) is 4.22. The third kappa shape index (κ3) is 4.42. The first-order valence-corrected chi connectivity index (χ1v) is 10.8. The Morgan fingerprint density at radius 3 is 2.70 bits per heavy atom. The van der Waals surface area contributed by atoms with Crippen LogP contribution >= 0.6 is 0 Å². The highest BCUT2D eigenvalue weighted by molar-refractivity contribution is 5.71. The van der Waals surface area contributed by atoms with Gasteiger partial charge in [0.2, 0.25) is 0 Å². The largest absolute Gasteiger partial charge is 0.435 e. The van der Waals surface area contributed by atoms with Crippen LogP contribution in [0.3, 0.4) is 0 Å². The Morgan fingerprint density at radius 1 is 1.09 bits per heavy atom. The number of hydrogen-bond acceptors (Lipinski definition) is 6. The second kappa shape index (κ2) is 8.38. The normalized spacial score (nSPS) is 23.3. The minimum atomic E-state index is -4.50. The Bertz CT molecular complexity index is 1130. The van der Waals surface area contributed by atoms with Crippen molar-refractivity contribution in [1.82, 2.24) is 24.7 Å². The molecule has 2 aliphatic rings. The van der Waals surface area contributed by atoms with E-state index in [1.165, 1.54) is 24.5 Å². The van der Waals surface area contributed by atoms with Crippen LogP contribution in [0.1, 0.15) is 25.0 Å². The molecule has 0 spiro atoms. The van der Waals surface area contributed by atoms with Gasteiger partial charge in [0.1, 0.15) is 17.9 Å². The van der Waals surface area contributed by atoms with E-state index in [-0.39, 0.29) is 23.3 Å². The van der Waals surface area contributed by atoms with Crippen molar-refractivity contribution >= 4 is 22.7 Å². The predicted molar refractivity (Wildman–Crippen MR) is 111 cm³/mol. The van der Waals surface area contributed by atoms with E-state index in [1.807, 2.05) is 0 Å². The maximum absolute atomic E-state index is 13.4. The van der Waals surface area contributed by atoms with Gasteiger partial charge in [-0.25, -0.2) is 28.4 Å². The van der Waals surface area contributed by atoms with Crippen LogP contribution in [0.5, 0.6) is 0 Å². The fourth-order valence-electron chi connectivity index (χ4n) is 5.02. The zero-order valence-corrected chi connectivity index (χ0v) is 17.5. The summed E-state index contributed by atoms with van der Waals surface area (Å²) >= 11 is 0. The van der Waals surface area contributed by atoms with Crippen LogP contribution in [0.25, 0.3) is 11.2 Å². The lowest BCUT2D eigenvalue weighted by Crippen LogP contribution is -2.32. The van der Waals surface area contributed by atoms with E-state index in [0.717, 1.165) is 23.9 Å². The second-order valence-electron chi connectivity index (χ2n) is 8.63. The lowest BCUT2D eigenvalue weighted by atomic mass is 9.79. The van der Waals surface area contributed by atoms with Crippen LogP contribution in [0.4, 0.5) is 33.5 Å². The highest BCUT2D eigenvalue weighted by atomic mass is 19.4. The van der Waals surface area contributed by atoms with Crippen molar-refractivity contribution in [2.45, 2.75) is 44.5 Å². The van der Waals surface area contributed by atoms with Gasteiger partial charge < -0.3 is 10.2 Å². The fourth-order valence-corrected chi connectivity index (χ4v) is 5.02. The smallest absolute Gasteiger partial charge is 0.369 e. The van der Waals surface area contributed by atoms with Crippen molar-refractivity contribution in [3.05, 3.63) is 36.4 Å². The van der Waals surface area contributed by atoms with Crippen molar-refractivity contribution in [1.29, 1.82) is 0 Å². The Morgan fingerprint density at radius 2 is 1.91 bits per heavy atom. The summed E-state index contributed by atoms with van der Waals surface area (Å²) in [5.41, 5.74) is 0.0143. The first kappa shape index (κ1) is 21.8. The average molecular weight is 467 g/mol. The number of anilines is 2. The minimum absolute atomic E-state index is 0.0698. The molecule has 3 aromatic rings. The summed E-state index contributed by atoms with van der Waals surface area (Å²) in [5.74, 6) is 1.02. The molecule has 5 rings (SSSR count). The number of halogens is 5. The lowest BCUT2D eigenvalue weighted by molar-refractivity contribution is -0.140. The standard InChI is InChI=1S/C21H22F5N7/c22-17(23)11-33-20-15(7-29-33)28-8-18(31-20)30-14-4-3-12-9-32(10-13(12)6-14)16-2-1-5-27-19(16)21(24,25)26/h1-2,5,7-8,12-14,17H,3-4,6,9-11H2,(H,30,31)/t12-,13+,14+/m1/s1. The molecule has 1 saturated carbocycles. The molecule has 1 aliphatic carbocycles. The molecule has 1 aliphatic heterocycles. The zero-order chi connectivity index (χ0) is 23.2. The van der Waals surface area contributed by atoms with Crippen molar-refractivity contribution < 1.29 is 22.0 Å². The van der Waals surface area contributed by atoms with E-state index in [2.05, 4.69) is 25.4 Å². The van der Waals surface area contributed by atoms with Crippen molar-refractivity contribution in [3.8, 4) is 0 Å².